The van der Waals surface area contributed by atoms with Crippen molar-refractivity contribution in [2.75, 3.05) is 32.6 Å². The third kappa shape index (κ3) is 4.91. The summed E-state index contributed by atoms with van der Waals surface area (Å²) in [5, 5.41) is 0. The van der Waals surface area contributed by atoms with Crippen molar-refractivity contribution in [2.45, 2.75) is 64.0 Å². The predicted octanol–water partition coefficient (Wildman–Crippen LogP) is 1.77. The number of rotatable bonds is 9. The van der Waals surface area contributed by atoms with Crippen LogP contribution in [0.5, 0.6) is 0 Å². The minimum Gasteiger partial charge on any atom is -0.462 e. The van der Waals surface area contributed by atoms with E-state index in [1.165, 1.54) is 0 Å². The van der Waals surface area contributed by atoms with Gasteiger partial charge in [0.05, 0.1) is 5.41 Å². The molecule has 0 bridgehead atoms. The van der Waals surface area contributed by atoms with Gasteiger partial charge in [-0.15, -0.1) is 0 Å². The van der Waals surface area contributed by atoms with Crippen LogP contribution >= 0.6 is 0 Å². The Morgan fingerprint density at radius 2 is 1.77 bits per heavy atom. The van der Waals surface area contributed by atoms with Crippen LogP contribution in [0, 0.1) is 11.3 Å². The van der Waals surface area contributed by atoms with E-state index in [0.717, 1.165) is 44.2 Å². The van der Waals surface area contributed by atoms with E-state index in [0.29, 0.717) is 24.7 Å². The zero-order chi connectivity index (χ0) is 21.9. The molecule has 1 amide bonds. The molecule has 0 aromatic carbocycles. The number of nitrogens with two attached hydrogens (primary N) is 1. The summed E-state index contributed by atoms with van der Waals surface area (Å²) < 4.78 is 5.69. The van der Waals surface area contributed by atoms with Gasteiger partial charge in [-0.25, -0.2) is 9.97 Å². The first-order valence-corrected chi connectivity index (χ1v) is 11.0. The molecule has 1 heterocycles. The minimum absolute atomic E-state index is 0.0113. The summed E-state index contributed by atoms with van der Waals surface area (Å²) in [6.07, 6.45) is 9.33. The van der Waals surface area contributed by atoms with Gasteiger partial charge in [-0.05, 0) is 70.5 Å². The molecular weight excluding hydrogens is 382 g/mol. The van der Waals surface area contributed by atoms with E-state index in [1.54, 1.807) is 19.0 Å². The molecule has 0 spiro atoms. The first kappa shape index (κ1) is 22.5. The van der Waals surface area contributed by atoms with Crippen LogP contribution in [0.1, 0.15) is 51.0 Å². The van der Waals surface area contributed by atoms with Crippen molar-refractivity contribution in [3.8, 4) is 0 Å². The number of nitrogens with zero attached hydrogens (tertiary/aromatic N) is 4. The monoisotopic (exact) mass is 417 g/mol. The molecule has 2 aliphatic carbocycles. The Morgan fingerprint density at radius 1 is 1.17 bits per heavy atom. The summed E-state index contributed by atoms with van der Waals surface area (Å²) >= 11 is 0. The van der Waals surface area contributed by atoms with Crippen LogP contribution in [0.2, 0.25) is 0 Å². The average molecular weight is 418 g/mol. The number of carbonyl (C=O) groups is 2. The topological polar surface area (TPSA) is 102 Å². The lowest BCUT2D eigenvalue weighted by atomic mass is 9.65. The van der Waals surface area contributed by atoms with Crippen LogP contribution in [0.4, 0.5) is 5.95 Å². The molecule has 1 atom stereocenters. The summed E-state index contributed by atoms with van der Waals surface area (Å²) in [4.78, 5) is 38.2. The van der Waals surface area contributed by atoms with Crippen molar-refractivity contribution < 1.29 is 14.3 Å². The van der Waals surface area contributed by atoms with E-state index in [9.17, 15) is 9.59 Å². The second-order valence-electron chi connectivity index (χ2n) is 9.10. The van der Waals surface area contributed by atoms with E-state index >= 15 is 0 Å². The molecule has 8 nitrogen and oxygen atoms in total. The number of ether oxygens (including phenoxy) is 1. The van der Waals surface area contributed by atoms with Crippen molar-refractivity contribution in [1.29, 1.82) is 0 Å². The number of amides is 1. The molecular formula is C22H35N5O3. The van der Waals surface area contributed by atoms with E-state index in [1.807, 2.05) is 19.4 Å². The van der Waals surface area contributed by atoms with Gasteiger partial charge >= 0.3 is 5.97 Å². The molecule has 2 saturated carbocycles. The quantitative estimate of drug-likeness (QED) is 0.611. The molecule has 1 aromatic heterocycles. The lowest BCUT2D eigenvalue weighted by molar-refractivity contribution is -0.167. The number of likely N-dealkylation sites (N-methyl/N-ethyl adjacent to an activating group) is 1. The summed E-state index contributed by atoms with van der Waals surface area (Å²) in [6, 6.07) is -0.660. The van der Waals surface area contributed by atoms with Crippen LogP contribution in [0.15, 0.2) is 12.4 Å². The number of carbonyl (C=O) groups excluding carboxylic acids is 2. The Morgan fingerprint density at radius 3 is 2.23 bits per heavy atom. The number of hydrogen-bond donors (Lipinski definition) is 1. The highest BCUT2D eigenvalue weighted by atomic mass is 16.5. The largest absolute Gasteiger partial charge is 0.462 e. The van der Waals surface area contributed by atoms with Crippen molar-refractivity contribution >= 4 is 17.8 Å². The van der Waals surface area contributed by atoms with Crippen molar-refractivity contribution in [1.82, 2.24) is 14.9 Å². The Hall–Kier alpha value is -2.22. The van der Waals surface area contributed by atoms with Gasteiger partial charge in [0.15, 0.2) is 0 Å². The van der Waals surface area contributed by atoms with E-state index in [4.69, 9.17) is 10.5 Å². The van der Waals surface area contributed by atoms with E-state index in [2.05, 4.69) is 21.8 Å². The molecule has 166 valence electrons. The summed E-state index contributed by atoms with van der Waals surface area (Å²) in [5.74, 6) is 0.378. The molecule has 1 unspecified atom stereocenters. The van der Waals surface area contributed by atoms with Crippen LogP contribution in [-0.2, 0) is 20.7 Å². The predicted molar refractivity (Wildman–Crippen MR) is 115 cm³/mol. The highest BCUT2D eigenvalue weighted by molar-refractivity contribution is 5.90. The van der Waals surface area contributed by atoms with Gasteiger partial charge in [-0.2, -0.15) is 0 Å². The SMILES string of the molecule is CCc1cnc(N(C)CC2CCC(C(=O)OC3CC3)(C(C(N)=O)N(C)C)CC2)nc1. The van der Waals surface area contributed by atoms with Crippen LogP contribution in [-0.4, -0.2) is 66.6 Å². The van der Waals surface area contributed by atoms with Crippen molar-refractivity contribution in [3.63, 3.8) is 0 Å². The molecule has 0 radical (unpaired) electrons. The smallest absolute Gasteiger partial charge is 0.314 e. The summed E-state index contributed by atoms with van der Waals surface area (Å²) in [7, 11) is 5.60. The maximum Gasteiger partial charge on any atom is 0.314 e. The maximum absolute atomic E-state index is 13.1. The standard InChI is InChI=1S/C22H35N5O3/c1-5-15-12-24-21(25-13-15)27(4)14-16-8-10-22(11-9-16,18(19(23)28)26(2)3)20(29)30-17-6-7-17/h12-13,16-18H,5-11,14H2,1-4H3,(H2,23,28). The molecule has 2 N–H and O–H groups in total. The lowest BCUT2D eigenvalue weighted by Gasteiger charge is -2.44. The number of primary amides is 1. The average Bonchev–Trinajstić information content (AvgIpc) is 3.53. The zero-order valence-corrected chi connectivity index (χ0v) is 18.6. The Labute approximate surface area is 179 Å². The second kappa shape index (κ2) is 9.29. The van der Waals surface area contributed by atoms with Crippen molar-refractivity contribution in [2.24, 2.45) is 17.1 Å². The molecule has 30 heavy (non-hydrogen) atoms. The third-order valence-corrected chi connectivity index (χ3v) is 6.48. The van der Waals surface area contributed by atoms with Crippen LogP contribution < -0.4 is 10.6 Å². The second-order valence-corrected chi connectivity index (χ2v) is 9.10. The number of esters is 1. The van der Waals surface area contributed by atoms with Gasteiger partial charge in [0.1, 0.15) is 12.1 Å². The molecule has 1 aromatic rings. The van der Waals surface area contributed by atoms with E-state index in [-0.39, 0.29) is 12.1 Å². The van der Waals surface area contributed by atoms with Crippen molar-refractivity contribution in [3.05, 3.63) is 18.0 Å². The molecule has 2 aliphatic rings. The fourth-order valence-electron chi connectivity index (χ4n) is 4.64. The maximum atomic E-state index is 13.1. The number of aromatic nitrogens is 2. The number of anilines is 1. The first-order valence-electron chi connectivity index (χ1n) is 11.0. The first-order chi connectivity index (χ1) is 14.3. The van der Waals surface area contributed by atoms with Gasteiger partial charge in [0, 0.05) is 26.0 Å². The Bertz CT molecular complexity index is 740. The Balaban J connectivity index is 1.68. The highest BCUT2D eigenvalue weighted by Gasteiger charge is 2.53. The number of hydrogen-bond acceptors (Lipinski definition) is 7. The fourth-order valence-corrected chi connectivity index (χ4v) is 4.64. The van der Waals surface area contributed by atoms with Gasteiger partial charge in [-0.3, -0.25) is 14.5 Å². The summed E-state index contributed by atoms with van der Waals surface area (Å²) in [6.45, 7) is 2.89. The molecule has 8 heteroatoms. The minimum atomic E-state index is -0.869. The molecule has 3 rings (SSSR count). The summed E-state index contributed by atoms with van der Waals surface area (Å²) in [5.41, 5.74) is 5.99. The molecule has 0 saturated heterocycles. The molecule has 0 aliphatic heterocycles. The van der Waals surface area contributed by atoms with Gasteiger partial charge in [0.2, 0.25) is 11.9 Å². The van der Waals surface area contributed by atoms with E-state index < -0.39 is 17.4 Å². The van der Waals surface area contributed by atoms with Crippen LogP contribution in [0.3, 0.4) is 0 Å². The lowest BCUT2D eigenvalue weighted by Crippen LogP contribution is -2.58. The van der Waals surface area contributed by atoms with Crippen LogP contribution in [0.25, 0.3) is 0 Å². The Kier molecular flexibility index (Phi) is 6.95. The van der Waals surface area contributed by atoms with Gasteiger partial charge < -0.3 is 15.4 Å². The molecule has 2 fully saturated rings. The van der Waals surface area contributed by atoms with Gasteiger partial charge in [0.25, 0.3) is 0 Å². The third-order valence-electron chi connectivity index (χ3n) is 6.48. The van der Waals surface area contributed by atoms with Gasteiger partial charge in [-0.1, -0.05) is 6.92 Å². The normalized spacial score (nSPS) is 25.0. The fraction of sp³-hybridized carbons (Fsp3) is 0.727. The highest BCUT2D eigenvalue weighted by Crippen LogP contribution is 2.45. The zero-order valence-electron chi connectivity index (χ0n) is 18.6. The number of aryl methyl sites for hydroxylation is 1.